The van der Waals surface area contributed by atoms with Crippen LogP contribution in [0.5, 0.6) is 5.75 Å². The molecule has 1 spiro atoms. The molecular weight excluding hydrogens is 269 g/mol. The van der Waals surface area contributed by atoms with Crippen molar-refractivity contribution in [3.63, 3.8) is 0 Å². The number of ether oxygens (including phenoxy) is 2. The highest BCUT2D eigenvalue weighted by Crippen LogP contribution is 2.47. The SMILES string of the molecule is CCNC1CC2(CCOC(C)(C)C2)Oc2ccc(F)cc21. The Morgan fingerprint density at radius 3 is 2.90 bits per heavy atom. The second-order valence-electron chi connectivity index (χ2n) is 6.82. The van der Waals surface area contributed by atoms with Crippen LogP contribution in [-0.4, -0.2) is 24.4 Å². The molecule has 2 aliphatic heterocycles. The first-order chi connectivity index (χ1) is 9.93. The largest absolute Gasteiger partial charge is 0.487 e. The lowest BCUT2D eigenvalue weighted by atomic mass is 9.77. The Morgan fingerprint density at radius 2 is 2.19 bits per heavy atom. The van der Waals surface area contributed by atoms with Crippen LogP contribution in [-0.2, 0) is 4.74 Å². The predicted octanol–water partition coefficient (Wildman–Crippen LogP) is 3.59. The quantitative estimate of drug-likeness (QED) is 0.904. The minimum atomic E-state index is -0.209. The maximum Gasteiger partial charge on any atom is 0.125 e. The van der Waals surface area contributed by atoms with Crippen molar-refractivity contribution in [2.75, 3.05) is 13.2 Å². The molecule has 2 atom stereocenters. The molecule has 0 saturated carbocycles. The van der Waals surface area contributed by atoms with Crippen LogP contribution in [0.1, 0.15) is 51.6 Å². The number of nitrogens with one attached hydrogen (secondary N) is 1. The first kappa shape index (κ1) is 14.8. The summed E-state index contributed by atoms with van der Waals surface area (Å²) in [6, 6.07) is 4.98. The van der Waals surface area contributed by atoms with Crippen LogP contribution >= 0.6 is 0 Å². The van der Waals surface area contributed by atoms with Gasteiger partial charge in [0.2, 0.25) is 0 Å². The fourth-order valence-corrected chi connectivity index (χ4v) is 3.76. The molecule has 1 saturated heterocycles. The molecule has 2 unspecified atom stereocenters. The van der Waals surface area contributed by atoms with Gasteiger partial charge in [0.25, 0.3) is 0 Å². The monoisotopic (exact) mass is 293 g/mol. The molecule has 1 fully saturated rings. The van der Waals surface area contributed by atoms with Gasteiger partial charge in [0.05, 0.1) is 12.2 Å². The third kappa shape index (κ3) is 2.92. The molecule has 4 heteroatoms. The van der Waals surface area contributed by atoms with E-state index in [1.165, 1.54) is 6.07 Å². The molecule has 0 bridgehead atoms. The Kier molecular flexibility index (Phi) is 3.70. The standard InChI is InChI=1S/C17H24FNO2/c1-4-19-14-10-17(7-8-20-16(2,3)11-17)21-15-6-5-12(18)9-13(14)15/h5-6,9,14,19H,4,7-8,10-11H2,1-3H3. The summed E-state index contributed by atoms with van der Waals surface area (Å²) in [5, 5.41) is 3.48. The second-order valence-corrected chi connectivity index (χ2v) is 6.82. The van der Waals surface area contributed by atoms with Crippen LogP contribution in [0.25, 0.3) is 0 Å². The zero-order valence-electron chi connectivity index (χ0n) is 13.0. The number of fused-ring (bicyclic) bond motifs is 1. The van der Waals surface area contributed by atoms with E-state index in [-0.39, 0.29) is 23.1 Å². The second kappa shape index (κ2) is 5.25. The molecule has 3 nitrogen and oxygen atoms in total. The van der Waals surface area contributed by atoms with Crippen LogP contribution in [0.2, 0.25) is 0 Å². The summed E-state index contributed by atoms with van der Waals surface area (Å²) in [4.78, 5) is 0. The molecule has 1 aromatic carbocycles. The van der Waals surface area contributed by atoms with E-state index in [4.69, 9.17) is 9.47 Å². The van der Waals surface area contributed by atoms with Crippen LogP contribution < -0.4 is 10.1 Å². The van der Waals surface area contributed by atoms with Crippen molar-refractivity contribution in [3.8, 4) is 5.75 Å². The molecular formula is C17H24FNO2. The van der Waals surface area contributed by atoms with Gasteiger partial charge in [-0.3, -0.25) is 0 Å². The first-order valence-electron chi connectivity index (χ1n) is 7.79. The van der Waals surface area contributed by atoms with E-state index >= 15 is 0 Å². The van der Waals surface area contributed by atoms with Crippen LogP contribution in [0, 0.1) is 5.82 Å². The smallest absolute Gasteiger partial charge is 0.125 e. The van der Waals surface area contributed by atoms with E-state index in [1.54, 1.807) is 12.1 Å². The minimum absolute atomic E-state index is 0.142. The van der Waals surface area contributed by atoms with E-state index in [2.05, 4.69) is 26.1 Å². The topological polar surface area (TPSA) is 30.5 Å². The highest BCUT2D eigenvalue weighted by molar-refractivity contribution is 5.39. The Hall–Kier alpha value is -1.13. The molecule has 0 radical (unpaired) electrons. The molecule has 21 heavy (non-hydrogen) atoms. The zero-order chi connectivity index (χ0) is 15.1. The van der Waals surface area contributed by atoms with Crippen LogP contribution in [0.3, 0.4) is 0 Å². The molecule has 3 rings (SSSR count). The van der Waals surface area contributed by atoms with Gasteiger partial charge in [-0.25, -0.2) is 4.39 Å². The molecule has 0 amide bonds. The number of halogens is 1. The average molecular weight is 293 g/mol. The van der Waals surface area contributed by atoms with Gasteiger partial charge in [-0.1, -0.05) is 6.92 Å². The van der Waals surface area contributed by atoms with Gasteiger partial charge in [-0.2, -0.15) is 0 Å². The van der Waals surface area contributed by atoms with E-state index in [9.17, 15) is 4.39 Å². The molecule has 0 aliphatic carbocycles. The maximum absolute atomic E-state index is 13.6. The lowest BCUT2D eigenvalue weighted by molar-refractivity contribution is -0.142. The van der Waals surface area contributed by atoms with Crippen molar-refractivity contribution in [1.29, 1.82) is 0 Å². The van der Waals surface area contributed by atoms with Crippen molar-refractivity contribution >= 4 is 0 Å². The number of hydrogen-bond acceptors (Lipinski definition) is 3. The zero-order valence-corrected chi connectivity index (χ0v) is 13.0. The Morgan fingerprint density at radius 1 is 1.38 bits per heavy atom. The first-order valence-corrected chi connectivity index (χ1v) is 7.79. The maximum atomic E-state index is 13.6. The normalized spacial score (nSPS) is 30.8. The number of rotatable bonds is 2. The van der Waals surface area contributed by atoms with E-state index in [1.807, 2.05) is 0 Å². The predicted molar refractivity (Wildman–Crippen MR) is 80.1 cm³/mol. The van der Waals surface area contributed by atoms with Crippen molar-refractivity contribution < 1.29 is 13.9 Å². The van der Waals surface area contributed by atoms with E-state index < -0.39 is 0 Å². The highest BCUT2D eigenvalue weighted by atomic mass is 19.1. The van der Waals surface area contributed by atoms with Crippen molar-refractivity contribution in [3.05, 3.63) is 29.6 Å². The van der Waals surface area contributed by atoms with Crippen molar-refractivity contribution in [1.82, 2.24) is 5.32 Å². The number of benzene rings is 1. The molecule has 2 heterocycles. The van der Waals surface area contributed by atoms with Crippen LogP contribution in [0.4, 0.5) is 4.39 Å². The Bertz CT molecular complexity index is 532. The summed E-state index contributed by atoms with van der Waals surface area (Å²) in [7, 11) is 0. The molecule has 2 aliphatic rings. The molecule has 1 N–H and O–H groups in total. The Balaban J connectivity index is 1.95. The van der Waals surface area contributed by atoms with Crippen molar-refractivity contribution in [2.45, 2.75) is 57.3 Å². The fraction of sp³-hybridized carbons (Fsp3) is 0.647. The highest BCUT2D eigenvalue weighted by Gasteiger charge is 2.47. The summed E-state index contributed by atoms with van der Waals surface area (Å²) < 4.78 is 25.7. The average Bonchev–Trinajstić information content (AvgIpc) is 2.39. The molecule has 1 aromatic rings. The Labute approximate surface area is 125 Å². The molecule has 0 aromatic heterocycles. The third-order valence-electron chi connectivity index (χ3n) is 4.50. The van der Waals surface area contributed by atoms with E-state index in [0.717, 1.165) is 37.1 Å². The summed E-state index contributed by atoms with van der Waals surface area (Å²) in [6.07, 6.45) is 2.61. The van der Waals surface area contributed by atoms with Gasteiger partial charge < -0.3 is 14.8 Å². The van der Waals surface area contributed by atoms with Gasteiger partial charge in [0.15, 0.2) is 0 Å². The van der Waals surface area contributed by atoms with Gasteiger partial charge in [-0.15, -0.1) is 0 Å². The molecule has 116 valence electrons. The van der Waals surface area contributed by atoms with Gasteiger partial charge in [-0.05, 0) is 38.6 Å². The summed E-state index contributed by atoms with van der Waals surface area (Å²) in [5.41, 5.74) is 0.554. The van der Waals surface area contributed by atoms with Crippen LogP contribution in [0.15, 0.2) is 18.2 Å². The summed E-state index contributed by atoms with van der Waals surface area (Å²) in [6.45, 7) is 7.87. The lowest BCUT2D eigenvalue weighted by Crippen LogP contribution is -2.53. The lowest BCUT2D eigenvalue weighted by Gasteiger charge is -2.49. The van der Waals surface area contributed by atoms with Gasteiger partial charge >= 0.3 is 0 Å². The third-order valence-corrected chi connectivity index (χ3v) is 4.50. The van der Waals surface area contributed by atoms with Gasteiger partial charge in [0.1, 0.15) is 17.2 Å². The summed E-state index contributed by atoms with van der Waals surface area (Å²) >= 11 is 0. The number of hydrogen-bond donors (Lipinski definition) is 1. The summed E-state index contributed by atoms with van der Waals surface area (Å²) in [5.74, 6) is 0.606. The fourth-order valence-electron chi connectivity index (χ4n) is 3.76. The van der Waals surface area contributed by atoms with Crippen molar-refractivity contribution in [2.24, 2.45) is 0 Å². The van der Waals surface area contributed by atoms with Gasteiger partial charge in [0, 0.05) is 30.9 Å². The van der Waals surface area contributed by atoms with E-state index in [0.29, 0.717) is 6.61 Å². The minimum Gasteiger partial charge on any atom is -0.487 e.